The predicted octanol–water partition coefficient (Wildman–Crippen LogP) is 4.96. The number of benzene rings is 4. The number of sulfonamides is 2. The van der Waals surface area contributed by atoms with Gasteiger partial charge in [-0.3, -0.25) is 13.8 Å². The zero-order chi connectivity index (χ0) is 30.5. The number of hydrogen-bond donors (Lipinski definition) is 2. The van der Waals surface area contributed by atoms with Gasteiger partial charge in [0.25, 0.3) is 20.0 Å². The number of nitrogens with zero attached hydrogens (tertiary/aromatic N) is 1. The lowest BCUT2D eigenvalue weighted by Gasteiger charge is -2.26. The van der Waals surface area contributed by atoms with E-state index in [-0.39, 0.29) is 26.9 Å². The Kier molecular flexibility index (Phi) is 9.08. The van der Waals surface area contributed by atoms with Gasteiger partial charge in [0.2, 0.25) is 5.91 Å². The number of anilines is 3. The van der Waals surface area contributed by atoms with Gasteiger partial charge in [-0.15, -0.1) is 0 Å². The van der Waals surface area contributed by atoms with Crippen LogP contribution in [0.5, 0.6) is 11.5 Å². The average molecular weight is 610 g/mol. The molecule has 0 aliphatic heterocycles. The fourth-order valence-corrected chi connectivity index (χ4v) is 6.58. The SMILES string of the molecule is COc1ccc(N(CC(=O)Nc2ccc(S(=O)(=O)Nc3ccc(C)c(C)c3)cc2)S(=O)(=O)c2ccccc2)c(OC)c1. The smallest absolute Gasteiger partial charge is 0.264 e. The Morgan fingerprint density at radius 3 is 2.02 bits per heavy atom. The van der Waals surface area contributed by atoms with Crippen LogP contribution in [0.2, 0.25) is 0 Å². The Morgan fingerprint density at radius 1 is 0.738 bits per heavy atom. The third-order valence-electron chi connectivity index (χ3n) is 6.48. The Bertz CT molecular complexity index is 1790. The zero-order valence-corrected chi connectivity index (χ0v) is 25.1. The molecule has 12 heteroatoms. The fraction of sp³-hybridized carbons (Fsp3) is 0.167. The van der Waals surface area contributed by atoms with Crippen molar-refractivity contribution in [1.29, 1.82) is 0 Å². The second-order valence-electron chi connectivity index (χ2n) is 9.34. The van der Waals surface area contributed by atoms with Crippen LogP contribution in [0.25, 0.3) is 0 Å². The van der Waals surface area contributed by atoms with Gasteiger partial charge in [0, 0.05) is 17.4 Å². The molecule has 0 heterocycles. The van der Waals surface area contributed by atoms with Gasteiger partial charge in [0.1, 0.15) is 18.0 Å². The van der Waals surface area contributed by atoms with Gasteiger partial charge < -0.3 is 14.8 Å². The van der Waals surface area contributed by atoms with Gasteiger partial charge >= 0.3 is 0 Å². The van der Waals surface area contributed by atoms with Crippen LogP contribution in [0, 0.1) is 13.8 Å². The molecular formula is C30H31N3O7S2. The molecule has 1 amide bonds. The molecule has 0 fully saturated rings. The second kappa shape index (κ2) is 12.5. The first-order valence-electron chi connectivity index (χ1n) is 12.7. The van der Waals surface area contributed by atoms with Crippen molar-refractivity contribution in [2.45, 2.75) is 23.6 Å². The van der Waals surface area contributed by atoms with Crippen molar-refractivity contribution in [2.24, 2.45) is 0 Å². The van der Waals surface area contributed by atoms with E-state index >= 15 is 0 Å². The third kappa shape index (κ3) is 6.84. The number of hydrogen-bond acceptors (Lipinski definition) is 7. The molecule has 0 saturated heterocycles. The highest BCUT2D eigenvalue weighted by atomic mass is 32.2. The molecule has 0 saturated carbocycles. The number of amides is 1. The van der Waals surface area contributed by atoms with Crippen molar-refractivity contribution in [2.75, 3.05) is 35.1 Å². The number of carbonyl (C=O) groups excluding carboxylic acids is 1. The number of aryl methyl sites for hydroxylation is 2. The maximum absolute atomic E-state index is 13.7. The molecule has 0 bridgehead atoms. The molecule has 0 atom stereocenters. The van der Waals surface area contributed by atoms with Gasteiger partial charge in [0.15, 0.2) is 0 Å². The summed E-state index contributed by atoms with van der Waals surface area (Å²) in [5.41, 5.74) is 2.84. The van der Waals surface area contributed by atoms with Crippen LogP contribution in [0.3, 0.4) is 0 Å². The van der Waals surface area contributed by atoms with Gasteiger partial charge in [-0.1, -0.05) is 24.3 Å². The topological polar surface area (TPSA) is 131 Å². The van der Waals surface area contributed by atoms with Crippen LogP contribution in [-0.2, 0) is 24.8 Å². The van der Waals surface area contributed by atoms with E-state index in [9.17, 15) is 21.6 Å². The largest absolute Gasteiger partial charge is 0.497 e. The van der Waals surface area contributed by atoms with Gasteiger partial charge in [-0.25, -0.2) is 16.8 Å². The Labute approximate surface area is 246 Å². The Morgan fingerprint density at radius 2 is 1.40 bits per heavy atom. The maximum atomic E-state index is 13.7. The lowest BCUT2D eigenvalue weighted by Crippen LogP contribution is -2.38. The van der Waals surface area contributed by atoms with Gasteiger partial charge in [-0.2, -0.15) is 0 Å². The molecule has 4 rings (SSSR count). The van der Waals surface area contributed by atoms with Crippen LogP contribution in [0.1, 0.15) is 11.1 Å². The quantitative estimate of drug-likeness (QED) is 0.246. The minimum atomic E-state index is -4.19. The van der Waals surface area contributed by atoms with E-state index in [0.29, 0.717) is 11.4 Å². The van der Waals surface area contributed by atoms with Crippen LogP contribution in [-0.4, -0.2) is 43.5 Å². The molecule has 42 heavy (non-hydrogen) atoms. The molecule has 4 aromatic carbocycles. The summed E-state index contributed by atoms with van der Waals surface area (Å²) in [7, 11) is -5.22. The molecule has 4 aromatic rings. The normalized spacial score (nSPS) is 11.4. The molecule has 220 valence electrons. The van der Waals surface area contributed by atoms with E-state index in [4.69, 9.17) is 9.47 Å². The lowest BCUT2D eigenvalue weighted by atomic mass is 10.1. The van der Waals surface area contributed by atoms with Crippen molar-refractivity contribution in [3.63, 3.8) is 0 Å². The van der Waals surface area contributed by atoms with Gasteiger partial charge in [-0.05, 0) is 85.6 Å². The Hall–Kier alpha value is -4.55. The first kappa shape index (κ1) is 30.4. The number of methoxy groups -OCH3 is 2. The van der Waals surface area contributed by atoms with E-state index < -0.39 is 32.5 Å². The van der Waals surface area contributed by atoms with Crippen molar-refractivity contribution in [1.82, 2.24) is 0 Å². The highest BCUT2D eigenvalue weighted by molar-refractivity contribution is 7.93. The van der Waals surface area contributed by atoms with Crippen molar-refractivity contribution < 1.29 is 31.1 Å². The summed E-state index contributed by atoms with van der Waals surface area (Å²) in [6, 6.07) is 23.1. The molecule has 0 aromatic heterocycles. The standard InChI is InChI=1S/C30H31N3O7S2/c1-21-10-11-24(18-22(21)2)32-41(35,36)26-15-12-23(13-16-26)31-30(34)20-33(42(37,38)27-8-6-5-7-9-27)28-17-14-25(39-3)19-29(28)40-4/h5-19,32H,20H2,1-4H3,(H,31,34). The first-order valence-corrected chi connectivity index (χ1v) is 15.7. The second-order valence-corrected chi connectivity index (χ2v) is 12.9. The molecule has 10 nitrogen and oxygen atoms in total. The molecule has 0 radical (unpaired) electrons. The molecule has 0 aliphatic rings. The number of ether oxygens (including phenoxy) is 2. The van der Waals surface area contributed by atoms with E-state index in [0.717, 1.165) is 15.4 Å². The predicted molar refractivity (Wildman–Crippen MR) is 162 cm³/mol. The van der Waals surface area contributed by atoms with Gasteiger partial charge in [0.05, 0.1) is 29.7 Å². The van der Waals surface area contributed by atoms with E-state index in [2.05, 4.69) is 10.0 Å². The summed E-state index contributed by atoms with van der Waals surface area (Å²) in [5, 5.41) is 2.64. The molecular weight excluding hydrogens is 578 g/mol. The monoisotopic (exact) mass is 609 g/mol. The highest BCUT2D eigenvalue weighted by Crippen LogP contribution is 2.35. The van der Waals surface area contributed by atoms with Crippen LogP contribution in [0.4, 0.5) is 17.1 Å². The average Bonchev–Trinajstić information content (AvgIpc) is 2.98. The zero-order valence-electron chi connectivity index (χ0n) is 23.5. The molecule has 0 spiro atoms. The number of nitrogens with one attached hydrogen (secondary N) is 2. The minimum absolute atomic E-state index is 0.00465. The summed E-state index contributed by atoms with van der Waals surface area (Å²) < 4.78 is 67.3. The van der Waals surface area contributed by atoms with E-state index in [1.165, 1.54) is 62.8 Å². The summed E-state index contributed by atoms with van der Waals surface area (Å²) >= 11 is 0. The van der Waals surface area contributed by atoms with E-state index in [1.807, 2.05) is 19.9 Å². The number of carbonyl (C=O) groups is 1. The van der Waals surface area contributed by atoms with Crippen molar-refractivity contribution in [3.05, 3.63) is 102 Å². The summed E-state index contributed by atoms with van der Waals surface area (Å²) in [6.45, 7) is 3.24. The van der Waals surface area contributed by atoms with Crippen LogP contribution in [0.15, 0.2) is 101 Å². The lowest BCUT2D eigenvalue weighted by molar-refractivity contribution is -0.114. The van der Waals surface area contributed by atoms with Crippen LogP contribution >= 0.6 is 0 Å². The summed E-state index contributed by atoms with van der Waals surface area (Å²) in [4.78, 5) is 13.1. The maximum Gasteiger partial charge on any atom is 0.264 e. The summed E-state index contributed by atoms with van der Waals surface area (Å²) in [6.07, 6.45) is 0. The third-order valence-corrected chi connectivity index (χ3v) is 9.65. The Balaban J connectivity index is 1.57. The van der Waals surface area contributed by atoms with Crippen LogP contribution < -0.4 is 23.8 Å². The number of rotatable bonds is 11. The van der Waals surface area contributed by atoms with E-state index in [1.54, 1.807) is 36.4 Å². The molecule has 2 N–H and O–H groups in total. The summed E-state index contributed by atoms with van der Waals surface area (Å²) in [5.74, 6) is -0.0251. The highest BCUT2D eigenvalue weighted by Gasteiger charge is 2.30. The molecule has 0 aliphatic carbocycles. The first-order chi connectivity index (χ1) is 19.9. The van der Waals surface area contributed by atoms with Crippen molar-refractivity contribution in [3.8, 4) is 11.5 Å². The minimum Gasteiger partial charge on any atom is -0.497 e. The van der Waals surface area contributed by atoms with Crippen molar-refractivity contribution >= 4 is 43.0 Å². The fourth-order valence-electron chi connectivity index (χ4n) is 4.08. The molecule has 0 unspecified atom stereocenters.